The first-order valence-electron chi connectivity index (χ1n) is 11.9. The molecule has 1 aliphatic carbocycles. The molecule has 1 aliphatic heterocycles. The van der Waals surface area contributed by atoms with Gasteiger partial charge in [-0.05, 0) is 60.2 Å². The van der Waals surface area contributed by atoms with Crippen LogP contribution in [0.15, 0.2) is 84.9 Å². The lowest BCUT2D eigenvalue weighted by Crippen LogP contribution is -2.63. The summed E-state index contributed by atoms with van der Waals surface area (Å²) in [6.45, 7) is 5.19. The van der Waals surface area contributed by atoms with E-state index in [9.17, 15) is 15.2 Å². The molecule has 34 heavy (non-hydrogen) atoms. The van der Waals surface area contributed by atoms with Crippen molar-refractivity contribution in [1.82, 2.24) is 0 Å². The highest BCUT2D eigenvalue weighted by Gasteiger charge is 2.50. The van der Waals surface area contributed by atoms with E-state index in [-0.39, 0.29) is 34.2 Å². The summed E-state index contributed by atoms with van der Waals surface area (Å²) in [5.74, 6) is 0.0859. The monoisotopic (exact) mass is 457 g/mol. The standard InChI is InChI=1S/C28H31N3O3/c1-28(2)17-25-24(26(32)18-28)19-29(21-9-5-3-6-10-21)27(30(25)22-11-7-4-8-12-22)20-13-15-23(16-14-20)31(33)34/h3-16,24-27,32H,17-19H2,1-2H3. The van der Waals surface area contributed by atoms with Gasteiger partial charge in [-0.25, -0.2) is 0 Å². The average Bonchev–Trinajstić information content (AvgIpc) is 2.83. The third-order valence-electron chi connectivity index (χ3n) is 7.38. The molecule has 1 saturated carbocycles. The molecule has 0 amide bonds. The zero-order valence-corrected chi connectivity index (χ0v) is 19.6. The van der Waals surface area contributed by atoms with Crippen LogP contribution in [0.2, 0.25) is 0 Å². The molecule has 0 bridgehead atoms. The van der Waals surface area contributed by atoms with Gasteiger partial charge >= 0.3 is 0 Å². The lowest BCUT2D eigenvalue weighted by molar-refractivity contribution is -0.384. The molecule has 1 saturated heterocycles. The number of hydrogen-bond acceptors (Lipinski definition) is 5. The number of non-ortho nitro benzene ring substituents is 1. The van der Waals surface area contributed by atoms with Crippen LogP contribution in [-0.2, 0) is 0 Å². The normalized spacial score (nSPS) is 26.1. The minimum Gasteiger partial charge on any atom is -0.393 e. The van der Waals surface area contributed by atoms with Gasteiger partial charge in [0, 0.05) is 42.0 Å². The molecule has 0 radical (unpaired) electrons. The van der Waals surface area contributed by atoms with Crippen LogP contribution in [0.25, 0.3) is 0 Å². The first-order chi connectivity index (χ1) is 16.3. The lowest BCUT2D eigenvalue weighted by Gasteiger charge is -2.59. The number of fused-ring (bicyclic) bond motifs is 1. The number of para-hydroxylation sites is 2. The van der Waals surface area contributed by atoms with E-state index in [0.29, 0.717) is 0 Å². The number of benzene rings is 3. The molecule has 1 N–H and O–H groups in total. The molecule has 3 aromatic carbocycles. The maximum absolute atomic E-state index is 11.3. The van der Waals surface area contributed by atoms with Gasteiger partial charge in [0.2, 0.25) is 0 Å². The van der Waals surface area contributed by atoms with Crippen molar-refractivity contribution in [2.24, 2.45) is 11.3 Å². The fourth-order valence-corrected chi connectivity index (χ4v) is 5.89. The second-order valence-corrected chi connectivity index (χ2v) is 10.3. The molecule has 4 unspecified atom stereocenters. The van der Waals surface area contributed by atoms with Gasteiger partial charge < -0.3 is 14.9 Å². The highest BCUT2D eigenvalue weighted by atomic mass is 16.6. The van der Waals surface area contributed by atoms with Gasteiger partial charge in [0.25, 0.3) is 5.69 Å². The minimum atomic E-state index is -0.399. The van der Waals surface area contributed by atoms with E-state index < -0.39 is 6.10 Å². The van der Waals surface area contributed by atoms with Gasteiger partial charge in [-0.2, -0.15) is 0 Å². The number of aliphatic hydroxyl groups is 1. The van der Waals surface area contributed by atoms with Gasteiger partial charge in [-0.15, -0.1) is 0 Å². The van der Waals surface area contributed by atoms with Crippen molar-refractivity contribution in [3.05, 3.63) is 101 Å². The van der Waals surface area contributed by atoms with Crippen LogP contribution < -0.4 is 9.80 Å². The van der Waals surface area contributed by atoms with E-state index in [1.165, 1.54) is 0 Å². The van der Waals surface area contributed by atoms with Crippen molar-refractivity contribution >= 4 is 17.1 Å². The topological polar surface area (TPSA) is 69.8 Å². The van der Waals surface area contributed by atoms with E-state index >= 15 is 0 Å². The number of rotatable bonds is 4. The number of hydrogen-bond donors (Lipinski definition) is 1. The van der Waals surface area contributed by atoms with Crippen molar-refractivity contribution in [3.8, 4) is 0 Å². The van der Waals surface area contributed by atoms with E-state index in [2.05, 4.69) is 47.9 Å². The molecular weight excluding hydrogens is 426 g/mol. The first-order valence-corrected chi connectivity index (χ1v) is 11.9. The van der Waals surface area contributed by atoms with E-state index in [0.717, 1.165) is 36.3 Å². The number of nitro benzene ring substituents is 1. The highest BCUT2D eigenvalue weighted by molar-refractivity contribution is 5.59. The van der Waals surface area contributed by atoms with Crippen LogP contribution in [0.5, 0.6) is 0 Å². The molecule has 2 fully saturated rings. The van der Waals surface area contributed by atoms with E-state index in [1.54, 1.807) is 12.1 Å². The Balaban J connectivity index is 1.68. The number of nitrogens with zero attached hydrogens (tertiary/aromatic N) is 3. The molecule has 5 rings (SSSR count). The summed E-state index contributed by atoms with van der Waals surface area (Å²) in [6, 6.07) is 27.7. The smallest absolute Gasteiger partial charge is 0.269 e. The van der Waals surface area contributed by atoms with Gasteiger partial charge in [-0.3, -0.25) is 10.1 Å². The zero-order chi connectivity index (χ0) is 23.9. The fraction of sp³-hybridized carbons (Fsp3) is 0.357. The second-order valence-electron chi connectivity index (χ2n) is 10.3. The van der Waals surface area contributed by atoms with Crippen molar-refractivity contribution in [1.29, 1.82) is 0 Å². The molecule has 1 heterocycles. The van der Waals surface area contributed by atoms with Crippen molar-refractivity contribution in [3.63, 3.8) is 0 Å². The lowest BCUT2D eigenvalue weighted by atomic mass is 9.66. The second kappa shape index (κ2) is 8.76. The zero-order valence-electron chi connectivity index (χ0n) is 19.6. The first kappa shape index (κ1) is 22.4. The molecule has 3 aromatic rings. The Hall–Kier alpha value is -3.38. The largest absolute Gasteiger partial charge is 0.393 e. The van der Waals surface area contributed by atoms with Gasteiger partial charge in [0.15, 0.2) is 0 Å². The van der Waals surface area contributed by atoms with Crippen molar-refractivity contribution in [2.45, 2.75) is 45.0 Å². The molecule has 6 nitrogen and oxygen atoms in total. The third kappa shape index (κ3) is 4.14. The molecule has 2 aliphatic rings. The van der Waals surface area contributed by atoms with Crippen LogP contribution >= 0.6 is 0 Å². The summed E-state index contributed by atoms with van der Waals surface area (Å²) in [7, 11) is 0. The summed E-state index contributed by atoms with van der Waals surface area (Å²) in [6.07, 6.45) is 1.19. The van der Waals surface area contributed by atoms with E-state index in [1.807, 2.05) is 48.5 Å². The summed E-state index contributed by atoms with van der Waals surface area (Å²) in [4.78, 5) is 15.7. The molecule has 4 atom stereocenters. The summed E-state index contributed by atoms with van der Waals surface area (Å²) in [5, 5.41) is 22.6. The number of anilines is 2. The fourth-order valence-electron chi connectivity index (χ4n) is 5.89. The Morgan fingerprint density at radius 2 is 1.47 bits per heavy atom. The third-order valence-corrected chi connectivity index (χ3v) is 7.38. The SMILES string of the molecule is CC1(C)CC(O)C2CN(c3ccccc3)C(c3ccc([N+](=O)[O-])cc3)N(c3ccccc3)C2C1. The highest BCUT2D eigenvalue weighted by Crippen LogP contribution is 2.49. The van der Waals surface area contributed by atoms with Crippen LogP contribution in [0.4, 0.5) is 17.1 Å². The molecule has 0 aromatic heterocycles. The molecular formula is C28H31N3O3. The molecule has 6 heteroatoms. The maximum Gasteiger partial charge on any atom is 0.269 e. The number of aliphatic hydroxyl groups excluding tert-OH is 1. The van der Waals surface area contributed by atoms with Crippen LogP contribution in [-0.4, -0.2) is 28.7 Å². The molecule has 176 valence electrons. The maximum atomic E-state index is 11.3. The Bertz CT molecular complexity index is 1130. The summed E-state index contributed by atoms with van der Waals surface area (Å²) < 4.78 is 0. The Kier molecular flexibility index (Phi) is 5.78. The molecule has 0 spiro atoms. The predicted molar refractivity (Wildman–Crippen MR) is 135 cm³/mol. The van der Waals surface area contributed by atoms with Crippen LogP contribution in [0.3, 0.4) is 0 Å². The van der Waals surface area contributed by atoms with Gasteiger partial charge in [-0.1, -0.05) is 50.2 Å². The Morgan fingerprint density at radius 1 is 0.882 bits per heavy atom. The predicted octanol–water partition coefficient (Wildman–Crippen LogP) is 5.79. The Morgan fingerprint density at radius 3 is 2.06 bits per heavy atom. The van der Waals surface area contributed by atoms with Gasteiger partial charge in [0.1, 0.15) is 6.17 Å². The minimum absolute atomic E-state index is 0.0164. The van der Waals surface area contributed by atoms with Crippen molar-refractivity contribution in [2.75, 3.05) is 16.3 Å². The summed E-state index contributed by atoms with van der Waals surface area (Å²) in [5.41, 5.74) is 3.26. The summed E-state index contributed by atoms with van der Waals surface area (Å²) >= 11 is 0. The average molecular weight is 458 g/mol. The Labute approximate surface area is 200 Å². The van der Waals surface area contributed by atoms with Crippen molar-refractivity contribution < 1.29 is 10.0 Å². The van der Waals surface area contributed by atoms with Crippen LogP contribution in [0, 0.1) is 21.4 Å². The van der Waals surface area contributed by atoms with Gasteiger partial charge in [0.05, 0.1) is 11.0 Å². The number of nitro groups is 1. The van der Waals surface area contributed by atoms with Crippen LogP contribution in [0.1, 0.15) is 38.4 Å². The quantitative estimate of drug-likeness (QED) is 0.397. The van der Waals surface area contributed by atoms with E-state index in [4.69, 9.17) is 0 Å².